The van der Waals surface area contributed by atoms with Crippen molar-refractivity contribution in [1.82, 2.24) is 5.32 Å². The molecule has 0 spiro atoms. The summed E-state index contributed by atoms with van der Waals surface area (Å²) in [5.74, 6) is -0.147. The predicted octanol–water partition coefficient (Wildman–Crippen LogP) is 3.89. The van der Waals surface area contributed by atoms with Crippen molar-refractivity contribution in [3.05, 3.63) is 0 Å². The molecule has 0 atom stereocenters. The van der Waals surface area contributed by atoms with Gasteiger partial charge in [-0.1, -0.05) is 39.0 Å². The van der Waals surface area contributed by atoms with E-state index in [4.69, 9.17) is 33.2 Å². The third kappa shape index (κ3) is 28.8. The number of esters is 1. The van der Waals surface area contributed by atoms with E-state index in [1.54, 1.807) is 0 Å². The monoisotopic (exact) mass is 521 g/mol. The summed E-state index contributed by atoms with van der Waals surface area (Å²) in [5, 5.41) is 2.62. The number of rotatable bonds is 25. The molecule has 0 rings (SSSR count). The van der Waals surface area contributed by atoms with Crippen LogP contribution in [0.15, 0.2) is 0 Å². The zero-order valence-corrected chi connectivity index (χ0v) is 23.1. The van der Waals surface area contributed by atoms with Crippen LogP contribution in [0.2, 0.25) is 0 Å². The molecular formula is C26H51NO9. The SMILES string of the molecule is CCCCCCCCC(=O)OCCOCCOCCOCCOCCOCCNC(=O)OC(C)(C)C. The van der Waals surface area contributed by atoms with Gasteiger partial charge >= 0.3 is 12.1 Å². The van der Waals surface area contributed by atoms with Crippen molar-refractivity contribution < 1.29 is 42.7 Å². The molecule has 36 heavy (non-hydrogen) atoms. The van der Waals surface area contributed by atoms with Crippen molar-refractivity contribution in [2.24, 2.45) is 0 Å². The fraction of sp³-hybridized carbons (Fsp3) is 0.923. The fourth-order valence-electron chi connectivity index (χ4n) is 2.86. The second kappa shape index (κ2) is 25.2. The summed E-state index contributed by atoms with van der Waals surface area (Å²) >= 11 is 0. The van der Waals surface area contributed by atoms with Crippen LogP contribution in [0.1, 0.15) is 72.6 Å². The predicted molar refractivity (Wildman–Crippen MR) is 137 cm³/mol. The highest BCUT2D eigenvalue weighted by Crippen LogP contribution is 2.07. The molecule has 0 aliphatic rings. The van der Waals surface area contributed by atoms with Crippen LogP contribution < -0.4 is 5.32 Å². The van der Waals surface area contributed by atoms with E-state index in [1.165, 1.54) is 25.7 Å². The number of hydrogen-bond acceptors (Lipinski definition) is 9. The third-order valence-electron chi connectivity index (χ3n) is 4.63. The van der Waals surface area contributed by atoms with E-state index in [0.29, 0.717) is 79.0 Å². The number of nitrogens with one attached hydrogen (secondary N) is 1. The molecule has 0 unspecified atom stereocenters. The molecule has 0 radical (unpaired) electrons. The molecule has 0 aromatic rings. The van der Waals surface area contributed by atoms with Crippen LogP contribution in [0.3, 0.4) is 0 Å². The molecule has 1 amide bonds. The Hall–Kier alpha value is -1.46. The van der Waals surface area contributed by atoms with Crippen LogP contribution in [-0.2, 0) is 38.0 Å². The third-order valence-corrected chi connectivity index (χ3v) is 4.63. The minimum atomic E-state index is -0.507. The lowest BCUT2D eigenvalue weighted by Gasteiger charge is -2.19. The Morgan fingerprint density at radius 3 is 1.56 bits per heavy atom. The number of hydrogen-bond donors (Lipinski definition) is 1. The van der Waals surface area contributed by atoms with Gasteiger partial charge in [-0.15, -0.1) is 0 Å². The molecule has 10 heteroatoms. The second-order valence-corrected chi connectivity index (χ2v) is 9.23. The van der Waals surface area contributed by atoms with E-state index < -0.39 is 11.7 Å². The van der Waals surface area contributed by atoms with Gasteiger partial charge in [0.25, 0.3) is 0 Å². The van der Waals surface area contributed by atoms with E-state index in [1.807, 2.05) is 20.8 Å². The summed E-state index contributed by atoms with van der Waals surface area (Å²) in [5.41, 5.74) is -0.507. The maximum Gasteiger partial charge on any atom is 0.407 e. The van der Waals surface area contributed by atoms with E-state index in [-0.39, 0.29) is 12.6 Å². The zero-order valence-electron chi connectivity index (χ0n) is 23.1. The first-order valence-electron chi connectivity index (χ1n) is 13.4. The Morgan fingerprint density at radius 1 is 0.611 bits per heavy atom. The van der Waals surface area contributed by atoms with Gasteiger partial charge in [0.2, 0.25) is 0 Å². The first-order chi connectivity index (χ1) is 17.3. The maximum absolute atomic E-state index is 11.6. The Bertz CT molecular complexity index is 512. The molecule has 0 saturated carbocycles. The Kier molecular flexibility index (Phi) is 24.2. The zero-order chi connectivity index (χ0) is 26.7. The van der Waals surface area contributed by atoms with Crippen molar-refractivity contribution in [3.8, 4) is 0 Å². The summed E-state index contributed by atoms with van der Waals surface area (Å²) < 4.78 is 37.3. The number of amides is 1. The van der Waals surface area contributed by atoms with Gasteiger partial charge in [0.05, 0.1) is 66.1 Å². The van der Waals surface area contributed by atoms with E-state index >= 15 is 0 Å². The number of alkyl carbamates (subject to hydrolysis) is 1. The molecule has 214 valence electrons. The molecule has 0 saturated heterocycles. The number of unbranched alkanes of at least 4 members (excludes halogenated alkanes) is 5. The summed E-state index contributed by atoms with van der Waals surface area (Å²) in [6, 6.07) is 0. The minimum absolute atomic E-state index is 0.147. The molecule has 0 aromatic carbocycles. The van der Waals surface area contributed by atoms with Crippen molar-refractivity contribution in [3.63, 3.8) is 0 Å². The van der Waals surface area contributed by atoms with Gasteiger partial charge in [-0.2, -0.15) is 0 Å². The lowest BCUT2D eigenvalue weighted by Crippen LogP contribution is -2.34. The van der Waals surface area contributed by atoms with Crippen molar-refractivity contribution in [2.75, 3.05) is 79.2 Å². The average Bonchev–Trinajstić information content (AvgIpc) is 2.81. The highest BCUT2D eigenvalue weighted by atomic mass is 16.6. The van der Waals surface area contributed by atoms with Crippen molar-refractivity contribution in [1.29, 1.82) is 0 Å². The van der Waals surface area contributed by atoms with Crippen LogP contribution in [0.5, 0.6) is 0 Å². The molecule has 0 heterocycles. The van der Waals surface area contributed by atoms with E-state index in [9.17, 15) is 9.59 Å². The Labute approximate surface area is 218 Å². The highest BCUT2D eigenvalue weighted by molar-refractivity contribution is 5.69. The molecule has 0 aromatic heterocycles. The largest absolute Gasteiger partial charge is 0.463 e. The van der Waals surface area contributed by atoms with E-state index in [2.05, 4.69) is 12.2 Å². The average molecular weight is 522 g/mol. The van der Waals surface area contributed by atoms with Gasteiger partial charge in [0.1, 0.15) is 12.2 Å². The van der Waals surface area contributed by atoms with Gasteiger partial charge in [-0.05, 0) is 27.2 Å². The number of carbonyl (C=O) groups excluding carboxylic acids is 2. The van der Waals surface area contributed by atoms with Crippen molar-refractivity contribution in [2.45, 2.75) is 78.2 Å². The molecular weight excluding hydrogens is 470 g/mol. The number of ether oxygens (including phenoxy) is 7. The van der Waals surface area contributed by atoms with Gasteiger partial charge in [0.15, 0.2) is 0 Å². The second-order valence-electron chi connectivity index (χ2n) is 9.23. The smallest absolute Gasteiger partial charge is 0.407 e. The van der Waals surface area contributed by atoms with Crippen LogP contribution >= 0.6 is 0 Å². The van der Waals surface area contributed by atoms with Crippen LogP contribution in [-0.4, -0.2) is 96.9 Å². The number of carbonyl (C=O) groups is 2. The van der Waals surface area contributed by atoms with Crippen LogP contribution in [0.25, 0.3) is 0 Å². The molecule has 0 aliphatic carbocycles. The van der Waals surface area contributed by atoms with Gasteiger partial charge in [-0.25, -0.2) is 4.79 Å². The fourth-order valence-corrected chi connectivity index (χ4v) is 2.86. The maximum atomic E-state index is 11.6. The van der Waals surface area contributed by atoms with Crippen LogP contribution in [0, 0.1) is 0 Å². The summed E-state index contributed by atoms with van der Waals surface area (Å²) in [6.07, 6.45) is 6.97. The molecule has 0 aliphatic heterocycles. The van der Waals surface area contributed by atoms with Crippen LogP contribution in [0.4, 0.5) is 4.79 Å². The Morgan fingerprint density at radius 2 is 1.06 bits per heavy atom. The van der Waals surface area contributed by atoms with E-state index in [0.717, 1.165) is 12.8 Å². The lowest BCUT2D eigenvalue weighted by atomic mass is 10.1. The lowest BCUT2D eigenvalue weighted by molar-refractivity contribution is -0.145. The molecule has 10 nitrogen and oxygen atoms in total. The standard InChI is InChI=1S/C26H51NO9/c1-5-6-7-8-9-10-11-24(28)35-23-22-34-21-20-33-19-18-32-17-16-31-15-14-30-13-12-27-25(29)36-26(2,3)4/h5-23H2,1-4H3,(H,27,29). The Balaban J connectivity index is 3.19. The minimum Gasteiger partial charge on any atom is -0.463 e. The first kappa shape index (κ1) is 34.5. The normalized spacial score (nSPS) is 11.4. The van der Waals surface area contributed by atoms with Gasteiger partial charge < -0.3 is 38.5 Å². The molecule has 0 bridgehead atoms. The highest BCUT2D eigenvalue weighted by Gasteiger charge is 2.15. The summed E-state index contributed by atoms with van der Waals surface area (Å²) in [4.78, 5) is 23.1. The van der Waals surface area contributed by atoms with Gasteiger partial charge in [-0.3, -0.25) is 4.79 Å². The van der Waals surface area contributed by atoms with Crippen molar-refractivity contribution >= 4 is 12.1 Å². The molecule has 1 N–H and O–H groups in total. The topological polar surface area (TPSA) is 111 Å². The van der Waals surface area contributed by atoms with Gasteiger partial charge in [0, 0.05) is 13.0 Å². The summed E-state index contributed by atoms with van der Waals surface area (Å²) in [6.45, 7) is 12.8. The summed E-state index contributed by atoms with van der Waals surface area (Å²) in [7, 11) is 0. The molecule has 0 fully saturated rings. The first-order valence-corrected chi connectivity index (χ1v) is 13.4. The quantitative estimate of drug-likeness (QED) is 0.141.